The third-order valence-corrected chi connectivity index (χ3v) is 2.99. The summed E-state index contributed by atoms with van der Waals surface area (Å²) in [4.78, 5) is 13.5. The molecule has 0 radical (unpaired) electrons. The molecule has 2 rings (SSSR count). The summed E-state index contributed by atoms with van der Waals surface area (Å²) in [7, 11) is 0. The minimum absolute atomic E-state index is 0.0769. The van der Waals surface area contributed by atoms with Crippen molar-refractivity contribution >= 4 is 27.7 Å². The Balaban J connectivity index is 0.000000771. The van der Waals surface area contributed by atoms with E-state index in [0.29, 0.717) is 6.54 Å². The number of anilines is 1. The van der Waals surface area contributed by atoms with Gasteiger partial charge in [0.25, 0.3) is 0 Å². The van der Waals surface area contributed by atoms with Crippen LogP contribution in [0.5, 0.6) is 0 Å². The number of nitrogens with zero attached hydrogens (tertiary/aromatic N) is 1. The maximum Gasteiger partial charge on any atom is 0.414 e. The Morgan fingerprint density at radius 3 is 2.67 bits per heavy atom. The minimum atomic E-state index is -0.254. The number of ether oxygens (including phenoxy) is 1. The van der Waals surface area contributed by atoms with Gasteiger partial charge in [-0.25, -0.2) is 4.79 Å². The summed E-state index contributed by atoms with van der Waals surface area (Å²) in [6, 6.07) is 5.95. The summed E-state index contributed by atoms with van der Waals surface area (Å²) in [5.41, 5.74) is 2.16. The Labute approximate surface area is 117 Å². The van der Waals surface area contributed by atoms with Gasteiger partial charge < -0.3 is 4.74 Å². The van der Waals surface area contributed by atoms with E-state index in [1.807, 2.05) is 39.8 Å². The lowest BCUT2D eigenvalue weighted by molar-refractivity contribution is 0.123. The maximum atomic E-state index is 11.8. The van der Waals surface area contributed by atoms with E-state index in [1.54, 1.807) is 4.90 Å². The molecule has 0 saturated heterocycles. The summed E-state index contributed by atoms with van der Waals surface area (Å²) >= 11 is 3.43. The van der Waals surface area contributed by atoms with Crippen LogP contribution in [0.3, 0.4) is 0 Å². The van der Waals surface area contributed by atoms with E-state index in [2.05, 4.69) is 22.0 Å². The molecule has 0 bridgehead atoms. The summed E-state index contributed by atoms with van der Waals surface area (Å²) in [6.07, 6.45) is 0.560. The molecular weight excluding hydrogens is 294 g/mol. The van der Waals surface area contributed by atoms with Gasteiger partial charge in [0.15, 0.2) is 0 Å². The van der Waals surface area contributed by atoms with Crippen molar-refractivity contribution in [2.24, 2.45) is 0 Å². The molecule has 1 heterocycles. The molecule has 1 aromatic rings. The van der Waals surface area contributed by atoms with Crippen LogP contribution in [-0.2, 0) is 11.2 Å². The molecule has 0 fully saturated rings. The molecule has 100 valence electrons. The monoisotopic (exact) mass is 313 g/mol. The fourth-order valence-electron chi connectivity index (χ4n) is 1.83. The average Bonchev–Trinajstić information content (AvgIpc) is 2.73. The number of fused-ring (bicyclic) bond motifs is 1. The molecule has 1 amide bonds. The number of halogens is 1. The van der Waals surface area contributed by atoms with Crippen molar-refractivity contribution in [3.63, 3.8) is 0 Å². The normalized spacial score (nSPS) is 12.9. The highest BCUT2D eigenvalue weighted by Crippen LogP contribution is 2.30. The molecule has 4 heteroatoms. The molecule has 0 aliphatic carbocycles. The number of amides is 1. The fourth-order valence-corrected chi connectivity index (χ4v) is 2.23. The SMILES string of the molecule is CC.CC(C)OC(=O)N1CCc2cc(Br)ccc21. The number of carbonyl (C=O) groups excluding carboxylic acids is 1. The highest BCUT2D eigenvalue weighted by molar-refractivity contribution is 9.10. The Kier molecular flexibility index (Phi) is 5.66. The topological polar surface area (TPSA) is 29.5 Å². The van der Waals surface area contributed by atoms with Gasteiger partial charge in [0.1, 0.15) is 0 Å². The fraction of sp³-hybridized carbons (Fsp3) is 0.500. The minimum Gasteiger partial charge on any atom is -0.446 e. The predicted molar refractivity (Wildman–Crippen MR) is 78.2 cm³/mol. The van der Waals surface area contributed by atoms with Gasteiger partial charge in [0.2, 0.25) is 0 Å². The molecule has 0 atom stereocenters. The lowest BCUT2D eigenvalue weighted by atomic mass is 10.2. The number of hydrogen-bond acceptors (Lipinski definition) is 2. The van der Waals surface area contributed by atoms with Crippen LogP contribution in [0.25, 0.3) is 0 Å². The number of carbonyl (C=O) groups is 1. The Bertz CT molecular complexity index is 418. The summed E-state index contributed by atoms with van der Waals surface area (Å²) in [6.45, 7) is 8.42. The molecule has 0 spiro atoms. The van der Waals surface area contributed by atoms with Crippen molar-refractivity contribution in [1.29, 1.82) is 0 Å². The van der Waals surface area contributed by atoms with Gasteiger partial charge in [-0.3, -0.25) is 4.90 Å². The van der Waals surface area contributed by atoms with Crippen LogP contribution in [0.15, 0.2) is 22.7 Å². The van der Waals surface area contributed by atoms with Crippen molar-refractivity contribution in [2.45, 2.75) is 40.2 Å². The van der Waals surface area contributed by atoms with E-state index in [4.69, 9.17) is 4.74 Å². The Morgan fingerprint density at radius 2 is 2.06 bits per heavy atom. The lowest BCUT2D eigenvalue weighted by Gasteiger charge is -2.18. The lowest BCUT2D eigenvalue weighted by Crippen LogP contribution is -2.31. The van der Waals surface area contributed by atoms with Crippen molar-refractivity contribution in [2.75, 3.05) is 11.4 Å². The highest BCUT2D eigenvalue weighted by atomic mass is 79.9. The average molecular weight is 314 g/mol. The molecule has 0 saturated carbocycles. The van der Waals surface area contributed by atoms with Crippen LogP contribution in [0.1, 0.15) is 33.3 Å². The van der Waals surface area contributed by atoms with Crippen molar-refractivity contribution in [3.8, 4) is 0 Å². The Morgan fingerprint density at radius 1 is 1.39 bits per heavy atom. The Hall–Kier alpha value is -1.03. The first-order chi connectivity index (χ1) is 8.58. The van der Waals surface area contributed by atoms with E-state index >= 15 is 0 Å². The van der Waals surface area contributed by atoms with E-state index in [1.165, 1.54) is 5.56 Å². The van der Waals surface area contributed by atoms with Crippen molar-refractivity contribution in [3.05, 3.63) is 28.2 Å². The third kappa shape index (κ3) is 3.48. The molecule has 18 heavy (non-hydrogen) atoms. The van der Waals surface area contributed by atoms with E-state index in [0.717, 1.165) is 16.6 Å². The standard InChI is InChI=1S/C12H14BrNO2.C2H6/c1-8(2)16-12(15)14-6-5-9-7-10(13)3-4-11(9)14;1-2/h3-4,7-8H,5-6H2,1-2H3;1-2H3. The molecule has 1 aliphatic rings. The first kappa shape index (κ1) is 15.0. The van der Waals surface area contributed by atoms with Gasteiger partial charge in [-0.15, -0.1) is 0 Å². The zero-order valence-electron chi connectivity index (χ0n) is 11.4. The molecule has 1 aromatic carbocycles. The van der Waals surface area contributed by atoms with Crippen LogP contribution in [0.2, 0.25) is 0 Å². The van der Waals surface area contributed by atoms with Crippen LogP contribution < -0.4 is 4.90 Å². The van der Waals surface area contributed by atoms with Gasteiger partial charge >= 0.3 is 6.09 Å². The quantitative estimate of drug-likeness (QED) is 0.770. The number of rotatable bonds is 1. The zero-order chi connectivity index (χ0) is 13.7. The maximum absolute atomic E-state index is 11.8. The van der Waals surface area contributed by atoms with E-state index in [-0.39, 0.29) is 12.2 Å². The second-order valence-electron chi connectivity index (χ2n) is 4.11. The third-order valence-electron chi connectivity index (χ3n) is 2.49. The van der Waals surface area contributed by atoms with Gasteiger partial charge in [0, 0.05) is 11.0 Å². The van der Waals surface area contributed by atoms with Gasteiger partial charge in [-0.1, -0.05) is 29.8 Å². The molecule has 3 nitrogen and oxygen atoms in total. The zero-order valence-corrected chi connectivity index (χ0v) is 13.0. The van der Waals surface area contributed by atoms with Crippen LogP contribution in [-0.4, -0.2) is 18.7 Å². The highest BCUT2D eigenvalue weighted by Gasteiger charge is 2.26. The molecular formula is C14H20BrNO2. The summed E-state index contributed by atoms with van der Waals surface area (Å²) in [5.74, 6) is 0. The molecule has 0 N–H and O–H groups in total. The van der Waals surface area contributed by atoms with Crippen molar-refractivity contribution in [1.82, 2.24) is 0 Å². The van der Waals surface area contributed by atoms with Crippen LogP contribution in [0.4, 0.5) is 10.5 Å². The smallest absolute Gasteiger partial charge is 0.414 e. The number of hydrogen-bond donors (Lipinski definition) is 0. The van der Waals surface area contributed by atoms with Crippen LogP contribution >= 0.6 is 15.9 Å². The van der Waals surface area contributed by atoms with Gasteiger partial charge in [-0.05, 0) is 44.0 Å². The first-order valence-electron chi connectivity index (χ1n) is 6.34. The van der Waals surface area contributed by atoms with Gasteiger partial charge in [-0.2, -0.15) is 0 Å². The molecule has 1 aliphatic heterocycles. The van der Waals surface area contributed by atoms with Gasteiger partial charge in [0.05, 0.1) is 11.8 Å². The summed E-state index contributed by atoms with van der Waals surface area (Å²) in [5, 5.41) is 0. The molecule has 0 aromatic heterocycles. The van der Waals surface area contributed by atoms with E-state index < -0.39 is 0 Å². The van der Waals surface area contributed by atoms with E-state index in [9.17, 15) is 4.79 Å². The predicted octanol–water partition coefficient (Wildman–Crippen LogP) is 4.38. The van der Waals surface area contributed by atoms with Crippen LogP contribution in [0, 0.1) is 0 Å². The largest absolute Gasteiger partial charge is 0.446 e. The first-order valence-corrected chi connectivity index (χ1v) is 7.14. The number of benzene rings is 1. The second-order valence-corrected chi connectivity index (χ2v) is 5.02. The summed E-state index contributed by atoms with van der Waals surface area (Å²) < 4.78 is 6.24. The molecule has 0 unspecified atom stereocenters. The van der Waals surface area contributed by atoms with Crippen molar-refractivity contribution < 1.29 is 9.53 Å². The second kappa shape index (κ2) is 6.78.